The first-order valence-electron chi connectivity index (χ1n) is 5.42. The minimum Gasteiger partial charge on any atom is -0.380 e. The molecule has 0 unspecified atom stereocenters. The highest BCUT2D eigenvalue weighted by atomic mass is 79.9. The number of hydrogen-bond donors (Lipinski definition) is 0. The van der Waals surface area contributed by atoms with Crippen molar-refractivity contribution in [3.05, 3.63) is 0 Å². The molecule has 0 aliphatic carbocycles. The summed E-state index contributed by atoms with van der Waals surface area (Å²) in [7, 11) is 0. The molecule has 98 valence electrons. The zero-order valence-electron chi connectivity index (χ0n) is 9.52. The van der Waals surface area contributed by atoms with E-state index >= 15 is 0 Å². The van der Waals surface area contributed by atoms with Crippen LogP contribution in [0.3, 0.4) is 0 Å². The topological polar surface area (TPSA) is 12.5 Å². The molecule has 0 atom stereocenters. The fourth-order valence-electron chi connectivity index (χ4n) is 1.19. The van der Waals surface area contributed by atoms with Crippen LogP contribution in [0.5, 0.6) is 0 Å². The third-order valence-electron chi connectivity index (χ3n) is 2.00. The molecule has 0 radical (unpaired) electrons. The van der Waals surface area contributed by atoms with Crippen LogP contribution in [0.2, 0.25) is 0 Å². The Labute approximate surface area is 103 Å². The van der Waals surface area contributed by atoms with Gasteiger partial charge in [-0.1, -0.05) is 29.3 Å². The van der Waals surface area contributed by atoms with Crippen LogP contribution in [-0.2, 0) is 4.74 Å². The molecular weight excluding hydrogens is 287 g/mol. The lowest BCUT2D eigenvalue weighted by atomic mass is 10.4. The fraction of sp³-hybridized carbons (Fsp3) is 1.00. The van der Waals surface area contributed by atoms with Crippen molar-refractivity contribution in [3.63, 3.8) is 0 Å². The van der Waals surface area contributed by atoms with E-state index < -0.39 is 12.7 Å². The molecule has 0 aromatic rings. The Morgan fingerprint density at radius 2 is 1.88 bits per heavy atom. The van der Waals surface area contributed by atoms with E-state index in [2.05, 4.69) is 15.9 Å². The van der Waals surface area contributed by atoms with Crippen LogP contribution in [0.25, 0.3) is 0 Å². The van der Waals surface area contributed by atoms with E-state index in [1.165, 1.54) is 4.90 Å². The van der Waals surface area contributed by atoms with E-state index in [-0.39, 0.29) is 0 Å². The highest BCUT2D eigenvalue weighted by Crippen LogP contribution is 2.16. The van der Waals surface area contributed by atoms with Gasteiger partial charge in [0.1, 0.15) is 0 Å². The Balaban J connectivity index is 3.68. The van der Waals surface area contributed by atoms with Crippen LogP contribution in [0, 0.1) is 0 Å². The van der Waals surface area contributed by atoms with E-state index in [0.29, 0.717) is 31.6 Å². The van der Waals surface area contributed by atoms with Gasteiger partial charge in [0.15, 0.2) is 0 Å². The number of nitrogens with zero attached hydrogens (tertiary/aromatic N) is 1. The smallest absolute Gasteiger partial charge is 0.380 e. The Morgan fingerprint density at radius 3 is 2.38 bits per heavy atom. The number of ether oxygens (including phenoxy) is 1. The summed E-state index contributed by atoms with van der Waals surface area (Å²) in [6.45, 7) is 2.89. The molecule has 6 heteroatoms. The van der Waals surface area contributed by atoms with Crippen molar-refractivity contribution in [2.24, 2.45) is 0 Å². The molecule has 16 heavy (non-hydrogen) atoms. The van der Waals surface area contributed by atoms with E-state index in [9.17, 15) is 13.2 Å². The quantitative estimate of drug-likeness (QED) is 0.479. The molecule has 0 rings (SSSR count). The van der Waals surface area contributed by atoms with E-state index in [1.807, 2.05) is 6.92 Å². The maximum Gasteiger partial charge on any atom is 0.401 e. The predicted molar refractivity (Wildman–Crippen MR) is 62.0 cm³/mol. The van der Waals surface area contributed by atoms with Crippen molar-refractivity contribution in [1.82, 2.24) is 4.90 Å². The van der Waals surface area contributed by atoms with Crippen LogP contribution >= 0.6 is 15.9 Å². The largest absolute Gasteiger partial charge is 0.401 e. The van der Waals surface area contributed by atoms with E-state index in [1.54, 1.807) is 0 Å². The molecule has 0 bridgehead atoms. The standard InChI is InChI=1S/C10H19BrF3NO/c1-2-3-7-16-8-6-15(5-4-11)9-10(12,13)14/h2-9H2,1H3. The van der Waals surface area contributed by atoms with Crippen molar-refractivity contribution in [1.29, 1.82) is 0 Å². The van der Waals surface area contributed by atoms with Crippen molar-refractivity contribution < 1.29 is 17.9 Å². The molecule has 0 saturated carbocycles. The summed E-state index contributed by atoms with van der Waals surface area (Å²) >= 11 is 3.14. The average Bonchev–Trinajstić information content (AvgIpc) is 2.15. The SMILES string of the molecule is CCCCOCCN(CCBr)CC(F)(F)F. The van der Waals surface area contributed by atoms with Gasteiger partial charge in [-0.05, 0) is 6.42 Å². The van der Waals surface area contributed by atoms with Gasteiger partial charge in [0.05, 0.1) is 13.2 Å². The number of unbranched alkanes of at least 4 members (excludes halogenated alkanes) is 1. The summed E-state index contributed by atoms with van der Waals surface area (Å²) in [5.74, 6) is 0. The average molecular weight is 306 g/mol. The second kappa shape index (κ2) is 9.24. The van der Waals surface area contributed by atoms with Crippen molar-refractivity contribution in [3.8, 4) is 0 Å². The predicted octanol–water partition coefficient (Wildman–Crippen LogP) is 3.06. The first-order chi connectivity index (χ1) is 7.49. The monoisotopic (exact) mass is 305 g/mol. The van der Waals surface area contributed by atoms with Crippen LogP contribution in [0.4, 0.5) is 13.2 Å². The van der Waals surface area contributed by atoms with Gasteiger partial charge in [-0.15, -0.1) is 0 Å². The Morgan fingerprint density at radius 1 is 1.19 bits per heavy atom. The third kappa shape index (κ3) is 10.7. The maximum atomic E-state index is 12.2. The molecule has 0 N–H and O–H groups in total. The molecule has 0 aromatic carbocycles. The van der Waals surface area contributed by atoms with Crippen LogP contribution < -0.4 is 0 Å². The summed E-state index contributed by atoms with van der Waals surface area (Å²) < 4.78 is 41.7. The van der Waals surface area contributed by atoms with Gasteiger partial charge in [0.2, 0.25) is 0 Å². The van der Waals surface area contributed by atoms with Gasteiger partial charge in [-0.25, -0.2) is 0 Å². The van der Waals surface area contributed by atoms with Gasteiger partial charge in [0.25, 0.3) is 0 Å². The lowest BCUT2D eigenvalue weighted by Crippen LogP contribution is -2.37. The summed E-state index contributed by atoms with van der Waals surface area (Å²) in [6.07, 6.45) is -2.14. The molecule has 0 heterocycles. The van der Waals surface area contributed by atoms with Gasteiger partial charge in [-0.3, -0.25) is 4.90 Å². The lowest BCUT2D eigenvalue weighted by molar-refractivity contribution is -0.146. The fourth-order valence-corrected chi connectivity index (χ4v) is 1.69. The minimum atomic E-state index is -4.13. The highest BCUT2D eigenvalue weighted by molar-refractivity contribution is 9.09. The number of rotatable bonds is 9. The molecule has 0 aliphatic heterocycles. The van der Waals surface area contributed by atoms with Crippen LogP contribution in [-0.4, -0.2) is 49.3 Å². The highest BCUT2D eigenvalue weighted by Gasteiger charge is 2.30. The molecule has 0 aromatic heterocycles. The van der Waals surface area contributed by atoms with E-state index in [4.69, 9.17) is 4.74 Å². The molecule has 2 nitrogen and oxygen atoms in total. The molecular formula is C10H19BrF3NO. The zero-order chi connectivity index (χ0) is 12.4. The van der Waals surface area contributed by atoms with Crippen molar-refractivity contribution in [2.45, 2.75) is 25.9 Å². The second-order valence-corrected chi connectivity index (χ2v) is 4.34. The summed E-state index contributed by atoms with van der Waals surface area (Å²) in [5, 5.41) is 0.540. The van der Waals surface area contributed by atoms with Gasteiger partial charge in [0, 0.05) is 25.0 Å². The second-order valence-electron chi connectivity index (χ2n) is 3.55. The molecule has 0 amide bonds. The third-order valence-corrected chi connectivity index (χ3v) is 2.35. The van der Waals surface area contributed by atoms with Crippen molar-refractivity contribution in [2.75, 3.05) is 38.2 Å². The first-order valence-corrected chi connectivity index (χ1v) is 6.54. The minimum absolute atomic E-state index is 0.328. The van der Waals surface area contributed by atoms with Gasteiger partial charge < -0.3 is 4.74 Å². The van der Waals surface area contributed by atoms with Crippen LogP contribution in [0.1, 0.15) is 19.8 Å². The Bertz CT molecular complexity index is 167. The number of hydrogen-bond acceptors (Lipinski definition) is 2. The zero-order valence-corrected chi connectivity index (χ0v) is 11.1. The number of alkyl halides is 4. The van der Waals surface area contributed by atoms with Crippen LogP contribution in [0.15, 0.2) is 0 Å². The summed E-state index contributed by atoms with van der Waals surface area (Å²) in [6, 6.07) is 0. The van der Waals surface area contributed by atoms with Crippen molar-refractivity contribution >= 4 is 15.9 Å². The number of halogens is 4. The normalized spacial score (nSPS) is 12.4. The molecule has 0 saturated heterocycles. The van der Waals surface area contributed by atoms with E-state index in [0.717, 1.165) is 12.8 Å². The summed E-state index contributed by atoms with van der Waals surface area (Å²) in [4.78, 5) is 1.35. The Kier molecular flexibility index (Phi) is 9.35. The molecule has 0 aliphatic rings. The first kappa shape index (κ1) is 16.2. The van der Waals surface area contributed by atoms with Gasteiger partial charge in [-0.2, -0.15) is 13.2 Å². The van der Waals surface area contributed by atoms with Gasteiger partial charge >= 0.3 is 6.18 Å². The summed E-state index contributed by atoms with van der Waals surface area (Å²) in [5.41, 5.74) is 0. The maximum absolute atomic E-state index is 12.2. The molecule has 0 spiro atoms. The molecule has 0 fully saturated rings. The Hall–Kier alpha value is 0.190. The lowest BCUT2D eigenvalue weighted by Gasteiger charge is -2.22.